The molecule has 1 aliphatic heterocycles. The number of rotatable bonds is 4. The van der Waals surface area contributed by atoms with E-state index in [2.05, 4.69) is 10.2 Å². The molecule has 0 unspecified atom stereocenters. The second-order valence-corrected chi connectivity index (χ2v) is 3.30. The second-order valence-electron chi connectivity index (χ2n) is 3.30. The molecular formula is C7H16N2O2. The minimum absolute atomic E-state index is 0.131. The van der Waals surface area contributed by atoms with Crippen LogP contribution in [0, 0.1) is 0 Å². The predicted molar refractivity (Wildman–Crippen MR) is 42.4 cm³/mol. The summed E-state index contributed by atoms with van der Waals surface area (Å²) in [5.41, 5.74) is -0.552. The predicted octanol–water partition coefficient (Wildman–Crippen LogP) is -1.76. The van der Waals surface area contributed by atoms with Gasteiger partial charge in [-0.05, 0) is 7.05 Å². The Morgan fingerprint density at radius 3 is 2.64 bits per heavy atom. The van der Waals surface area contributed by atoms with Crippen molar-refractivity contribution in [3.63, 3.8) is 0 Å². The highest BCUT2D eigenvalue weighted by Gasteiger charge is 2.38. The smallest absolute Gasteiger partial charge is 0.102 e. The number of β-amino-alcohol motifs (C(OH)–C–C–N with tert-alkyl or cyclic N) is 1. The molecule has 1 rings (SSSR count). The molecule has 0 atom stereocenters. The number of aliphatic hydroxyl groups is 2. The Morgan fingerprint density at radius 1 is 1.55 bits per heavy atom. The summed E-state index contributed by atoms with van der Waals surface area (Å²) in [7, 11) is 1.97. The number of likely N-dealkylation sites (N-methyl/N-ethyl adjacent to an activating group) is 1. The van der Waals surface area contributed by atoms with Crippen molar-refractivity contribution in [1.82, 2.24) is 10.2 Å². The van der Waals surface area contributed by atoms with E-state index in [4.69, 9.17) is 5.11 Å². The standard InChI is InChI=1S/C7H16N2O2/c1-9-5-7(11,6-9)4-8-2-3-10/h8,10-11H,2-6H2,1H3. The molecule has 4 heteroatoms. The number of likely N-dealkylation sites (tertiary alicyclic amines) is 1. The highest BCUT2D eigenvalue weighted by Crippen LogP contribution is 2.16. The summed E-state index contributed by atoms with van der Waals surface area (Å²) in [6.07, 6.45) is 0. The fourth-order valence-corrected chi connectivity index (χ4v) is 1.47. The zero-order valence-corrected chi connectivity index (χ0v) is 6.88. The topological polar surface area (TPSA) is 55.7 Å². The van der Waals surface area contributed by atoms with E-state index < -0.39 is 5.60 Å². The lowest BCUT2D eigenvalue weighted by atomic mass is 9.95. The fourth-order valence-electron chi connectivity index (χ4n) is 1.47. The second kappa shape index (κ2) is 3.49. The number of nitrogens with zero attached hydrogens (tertiary/aromatic N) is 1. The maximum atomic E-state index is 9.62. The molecule has 1 fully saturated rings. The van der Waals surface area contributed by atoms with Gasteiger partial charge in [-0.3, -0.25) is 0 Å². The van der Waals surface area contributed by atoms with Crippen molar-refractivity contribution in [2.75, 3.05) is 39.8 Å². The zero-order valence-electron chi connectivity index (χ0n) is 6.88. The fraction of sp³-hybridized carbons (Fsp3) is 1.00. The molecule has 0 bridgehead atoms. The lowest BCUT2D eigenvalue weighted by molar-refractivity contribution is -0.0834. The average molecular weight is 160 g/mol. The van der Waals surface area contributed by atoms with E-state index in [1.807, 2.05) is 7.05 Å². The third-order valence-corrected chi connectivity index (χ3v) is 1.87. The molecule has 0 amide bonds. The summed E-state index contributed by atoms with van der Waals surface area (Å²) in [5, 5.41) is 21.0. The third kappa shape index (κ3) is 2.41. The van der Waals surface area contributed by atoms with Crippen molar-refractivity contribution in [2.45, 2.75) is 5.60 Å². The van der Waals surface area contributed by atoms with Gasteiger partial charge in [0.1, 0.15) is 5.60 Å². The van der Waals surface area contributed by atoms with Crippen LogP contribution in [-0.2, 0) is 0 Å². The molecule has 1 aliphatic rings. The van der Waals surface area contributed by atoms with Gasteiger partial charge >= 0.3 is 0 Å². The SMILES string of the molecule is CN1CC(O)(CNCCO)C1. The highest BCUT2D eigenvalue weighted by atomic mass is 16.3. The quantitative estimate of drug-likeness (QED) is 0.427. The van der Waals surface area contributed by atoms with Crippen LogP contribution in [0.15, 0.2) is 0 Å². The average Bonchev–Trinajstić information content (AvgIpc) is 1.85. The van der Waals surface area contributed by atoms with Crippen LogP contribution < -0.4 is 5.32 Å². The molecule has 0 saturated carbocycles. The molecule has 11 heavy (non-hydrogen) atoms. The van der Waals surface area contributed by atoms with Crippen LogP contribution in [0.5, 0.6) is 0 Å². The Morgan fingerprint density at radius 2 is 2.18 bits per heavy atom. The molecule has 1 heterocycles. The lowest BCUT2D eigenvalue weighted by Gasteiger charge is -2.44. The van der Waals surface area contributed by atoms with Gasteiger partial charge in [0, 0.05) is 26.2 Å². The van der Waals surface area contributed by atoms with E-state index in [0.29, 0.717) is 13.1 Å². The van der Waals surface area contributed by atoms with Crippen molar-refractivity contribution in [3.8, 4) is 0 Å². The molecule has 0 aromatic carbocycles. The molecule has 0 radical (unpaired) electrons. The first kappa shape index (κ1) is 8.93. The summed E-state index contributed by atoms with van der Waals surface area (Å²) < 4.78 is 0. The minimum Gasteiger partial charge on any atom is -0.395 e. The van der Waals surface area contributed by atoms with Gasteiger partial charge < -0.3 is 20.4 Å². The van der Waals surface area contributed by atoms with Crippen molar-refractivity contribution >= 4 is 0 Å². The summed E-state index contributed by atoms with van der Waals surface area (Å²) >= 11 is 0. The van der Waals surface area contributed by atoms with Gasteiger partial charge in [-0.2, -0.15) is 0 Å². The summed E-state index contributed by atoms with van der Waals surface area (Å²) in [5.74, 6) is 0. The van der Waals surface area contributed by atoms with Gasteiger partial charge in [0.15, 0.2) is 0 Å². The van der Waals surface area contributed by atoms with E-state index in [0.717, 1.165) is 13.1 Å². The number of hydrogen-bond acceptors (Lipinski definition) is 4. The maximum Gasteiger partial charge on any atom is 0.102 e. The molecule has 1 saturated heterocycles. The molecule has 66 valence electrons. The molecule has 0 aromatic rings. The van der Waals surface area contributed by atoms with Crippen LogP contribution in [0.2, 0.25) is 0 Å². The van der Waals surface area contributed by atoms with Crippen molar-refractivity contribution < 1.29 is 10.2 Å². The van der Waals surface area contributed by atoms with E-state index in [1.165, 1.54) is 0 Å². The Hall–Kier alpha value is -0.160. The van der Waals surface area contributed by atoms with Crippen molar-refractivity contribution in [2.24, 2.45) is 0 Å². The van der Waals surface area contributed by atoms with Crippen LogP contribution in [-0.4, -0.2) is 60.5 Å². The summed E-state index contributed by atoms with van der Waals surface area (Å²) in [6.45, 7) is 2.73. The van der Waals surface area contributed by atoms with Crippen molar-refractivity contribution in [3.05, 3.63) is 0 Å². The Kier molecular flexibility index (Phi) is 2.84. The van der Waals surface area contributed by atoms with Gasteiger partial charge in [-0.25, -0.2) is 0 Å². The molecular weight excluding hydrogens is 144 g/mol. The summed E-state index contributed by atoms with van der Waals surface area (Å²) in [4.78, 5) is 2.06. The van der Waals surface area contributed by atoms with Gasteiger partial charge in [-0.1, -0.05) is 0 Å². The Labute approximate surface area is 66.8 Å². The molecule has 0 aromatic heterocycles. The van der Waals surface area contributed by atoms with Gasteiger partial charge in [0.25, 0.3) is 0 Å². The van der Waals surface area contributed by atoms with Crippen LogP contribution in [0.4, 0.5) is 0 Å². The largest absolute Gasteiger partial charge is 0.395 e. The molecule has 0 aliphatic carbocycles. The van der Waals surface area contributed by atoms with Gasteiger partial charge in [0.2, 0.25) is 0 Å². The lowest BCUT2D eigenvalue weighted by Crippen LogP contribution is -2.64. The van der Waals surface area contributed by atoms with E-state index in [-0.39, 0.29) is 6.61 Å². The maximum absolute atomic E-state index is 9.62. The van der Waals surface area contributed by atoms with Crippen LogP contribution >= 0.6 is 0 Å². The third-order valence-electron chi connectivity index (χ3n) is 1.87. The highest BCUT2D eigenvalue weighted by molar-refractivity contribution is 4.95. The van der Waals surface area contributed by atoms with Crippen LogP contribution in [0.25, 0.3) is 0 Å². The Balaban J connectivity index is 2.07. The first-order valence-corrected chi connectivity index (χ1v) is 3.89. The normalized spacial score (nSPS) is 23.2. The first-order chi connectivity index (χ1) is 5.16. The van der Waals surface area contributed by atoms with Crippen LogP contribution in [0.3, 0.4) is 0 Å². The zero-order chi connectivity index (χ0) is 8.32. The van der Waals surface area contributed by atoms with Gasteiger partial charge in [0.05, 0.1) is 6.61 Å². The monoisotopic (exact) mass is 160 g/mol. The van der Waals surface area contributed by atoms with E-state index in [1.54, 1.807) is 0 Å². The number of hydrogen-bond donors (Lipinski definition) is 3. The first-order valence-electron chi connectivity index (χ1n) is 3.89. The number of nitrogens with one attached hydrogen (secondary N) is 1. The Bertz CT molecular complexity index is 124. The van der Waals surface area contributed by atoms with Crippen LogP contribution in [0.1, 0.15) is 0 Å². The number of aliphatic hydroxyl groups excluding tert-OH is 1. The summed E-state index contributed by atoms with van der Waals surface area (Å²) in [6, 6.07) is 0. The van der Waals surface area contributed by atoms with Crippen molar-refractivity contribution in [1.29, 1.82) is 0 Å². The molecule has 4 nitrogen and oxygen atoms in total. The molecule has 0 spiro atoms. The van der Waals surface area contributed by atoms with E-state index in [9.17, 15) is 5.11 Å². The van der Waals surface area contributed by atoms with E-state index >= 15 is 0 Å². The molecule has 3 N–H and O–H groups in total. The minimum atomic E-state index is -0.552. The van der Waals surface area contributed by atoms with Gasteiger partial charge in [-0.15, -0.1) is 0 Å².